The lowest BCUT2D eigenvalue weighted by molar-refractivity contribution is 0.0902. The van der Waals surface area contributed by atoms with Crippen molar-refractivity contribution in [2.75, 3.05) is 20.3 Å². The molecular weight excluding hydrogens is 266 g/mol. The van der Waals surface area contributed by atoms with E-state index in [-0.39, 0.29) is 11.9 Å². The number of benzene rings is 2. The quantitative estimate of drug-likeness (QED) is 0.888. The molecule has 2 rings (SSSR count). The highest BCUT2D eigenvalue weighted by Gasteiger charge is 2.16. The second kappa shape index (κ2) is 7.09. The summed E-state index contributed by atoms with van der Waals surface area (Å²) in [4.78, 5) is 12.4. The SMILES string of the molecule is CCOc1cc2ccccc2cc1C(=O)NC(C)COC. The van der Waals surface area contributed by atoms with E-state index in [1.54, 1.807) is 7.11 Å². The minimum Gasteiger partial charge on any atom is -0.493 e. The zero-order chi connectivity index (χ0) is 15.2. The van der Waals surface area contributed by atoms with Gasteiger partial charge in [-0.15, -0.1) is 0 Å². The highest BCUT2D eigenvalue weighted by Crippen LogP contribution is 2.26. The Bertz CT molecular complexity index is 624. The number of hydrogen-bond donors (Lipinski definition) is 1. The molecule has 4 nitrogen and oxygen atoms in total. The Morgan fingerprint density at radius 2 is 1.90 bits per heavy atom. The number of nitrogens with one attached hydrogen (secondary N) is 1. The molecule has 0 bridgehead atoms. The van der Waals surface area contributed by atoms with Crippen LogP contribution in [-0.2, 0) is 4.74 Å². The van der Waals surface area contributed by atoms with Gasteiger partial charge in [0.2, 0.25) is 0 Å². The lowest BCUT2D eigenvalue weighted by Crippen LogP contribution is -2.35. The Kier molecular flexibility index (Phi) is 5.17. The van der Waals surface area contributed by atoms with Crippen molar-refractivity contribution in [3.8, 4) is 5.75 Å². The molecule has 0 aliphatic heterocycles. The summed E-state index contributed by atoms with van der Waals surface area (Å²) in [5.41, 5.74) is 0.554. The van der Waals surface area contributed by atoms with Crippen molar-refractivity contribution >= 4 is 16.7 Å². The van der Waals surface area contributed by atoms with Crippen LogP contribution in [0.5, 0.6) is 5.75 Å². The molecule has 0 heterocycles. The topological polar surface area (TPSA) is 47.6 Å². The molecule has 0 radical (unpaired) electrons. The van der Waals surface area contributed by atoms with Crippen LogP contribution in [-0.4, -0.2) is 32.3 Å². The largest absolute Gasteiger partial charge is 0.493 e. The van der Waals surface area contributed by atoms with E-state index in [2.05, 4.69) is 5.32 Å². The summed E-state index contributed by atoms with van der Waals surface area (Å²) < 4.78 is 10.7. The van der Waals surface area contributed by atoms with Gasteiger partial charge in [0.25, 0.3) is 5.91 Å². The molecule has 1 unspecified atom stereocenters. The Morgan fingerprint density at radius 1 is 1.24 bits per heavy atom. The van der Waals surface area contributed by atoms with Crippen LogP contribution in [0.2, 0.25) is 0 Å². The van der Waals surface area contributed by atoms with Crippen LogP contribution >= 0.6 is 0 Å². The van der Waals surface area contributed by atoms with Gasteiger partial charge in [-0.1, -0.05) is 24.3 Å². The highest BCUT2D eigenvalue weighted by molar-refractivity contribution is 6.01. The van der Waals surface area contributed by atoms with Crippen molar-refractivity contribution in [2.45, 2.75) is 19.9 Å². The second-order valence-electron chi connectivity index (χ2n) is 4.96. The van der Waals surface area contributed by atoms with Crippen LogP contribution in [0.3, 0.4) is 0 Å². The van der Waals surface area contributed by atoms with Gasteiger partial charge >= 0.3 is 0 Å². The van der Waals surface area contributed by atoms with E-state index in [4.69, 9.17) is 9.47 Å². The molecule has 112 valence electrons. The van der Waals surface area contributed by atoms with E-state index in [9.17, 15) is 4.79 Å². The molecule has 0 spiro atoms. The Morgan fingerprint density at radius 3 is 2.52 bits per heavy atom. The van der Waals surface area contributed by atoms with Crippen molar-refractivity contribution < 1.29 is 14.3 Å². The van der Waals surface area contributed by atoms with Gasteiger partial charge in [0.1, 0.15) is 5.75 Å². The zero-order valence-electron chi connectivity index (χ0n) is 12.7. The number of methoxy groups -OCH3 is 1. The zero-order valence-corrected chi connectivity index (χ0v) is 12.7. The van der Waals surface area contributed by atoms with E-state index in [1.165, 1.54) is 0 Å². The fourth-order valence-corrected chi connectivity index (χ4v) is 2.26. The van der Waals surface area contributed by atoms with Gasteiger partial charge in [0.15, 0.2) is 0 Å². The van der Waals surface area contributed by atoms with Crippen molar-refractivity contribution in [3.05, 3.63) is 42.0 Å². The first-order chi connectivity index (χ1) is 10.2. The fourth-order valence-electron chi connectivity index (χ4n) is 2.26. The van der Waals surface area contributed by atoms with Gasteiger partial charge in [0.05, 0.1) is 18.8 Å². The maximum atomic E-state index is 12.4. The monoisotopic (exact) mass is 287 g/mol. The lowest BCUT2D eigenvalue weighted by Gasteiger charge is -2.16. The Hall–Kier alpha value is -2.07. The van der Waals surface area contributed by atoms with Crippen LogP contribution in [0.25, 0.3) is 10.8 Å². The molecule has 1 amide bonds. The van der Waals surface area contributed by atoms with E-state index >= 15 is 0 Å². The number of amides is 1. The second-order valence-corrected chi connectivity index (χ2v) is 4.96. The van der Waals surface area contributed by atoms with Crippen LogP contribution in [0.15, 0.2) is 36.4 Å². The molecule has 0 aliphatic carbocycles. The van der Waals surface area contributed by atoms with Crippen LogP contribution in [0.1, 0.15) is 24.2 Å². The molecule has 0 saturated carbocycles. The highest BCUT2D eigenvalue weighted by atomic mass is 16.5. The van der Waals surface area contributed by atoms with Crippen molar-refractivity contribution in [2.24, 2.45) is 0 Å². The van der Waals surface area contributed by atoms with Crippen LogP contribution < -0.4 is 10.1 Å². The maximum absolute atomic E-state index is 12.4. The van der Waals surface area contributed by atoms with Crippen molar-refractivity contribution in [1.29, 1.82) is 0 Å². The molecular formula is C17H21NO3. The summed E-state index contributed by atoms with van der Waals surface area (Å²) >= 11 is 0. The molecule has 0 aromatic heterocycles. The standard InChI is InChI=1S/C17H21NO3/c1-4-21-16-10-14-8-6-5-7-13(14)9-15(16)17(19)18-12(2)11-20-3/h5-10,12H,4,11H2,1-3H3,(H,18,19). The molecule has 0 aliphatic rings. The van der Waals surface area contributed by atoms with Gasteiger partial charge in [-0.05, 0) is 36.8 Å². The average molecular weight is 287 g/mol. The number of carbonyl (C=O) groups excluding carboxylic acids is 1. The summed E-state index contributed by atoms with van der Waals surface area (Å²) in [6.45, 7) is 4.81. The summed E-state index contributed by atoms with van der Waals surface area (Å²) in [6.07, 6.45) is 0. The van der Waals surface area contributed by atoms with Gasteiger partial charge in [0, 0.05) is 13.2 Å². The first kappa shape index (κ1) is 15.3. The molecule has 0 saturated heterocycles. The Labute approximate surface area is 125 Å². The predicted molar refractivity (Wildman–Crippen MR) is 83.9 cm³/mol. The third-order valence-corrected chi connectivity index (χ3v) is 3.19. The predicted octanol–water partition coefficient (Wildman–Crippen LogP) is 3.00. The number of fused-ring (bicyclic) bond motifs is 1. The third kappa shape index (κ3) is 3.73. The van der Waals surface area contributed by atoms with E-state index < -0.39 is 0 Å². The Balaban J connectivity index is 2.35. The first-order valence-electron chi connectivity index (χ1n) is 7.11. The van der Waals surface area contributed by atoms with Crippen LogP contribution in [0, 0.1) is 0 Å². The van der Waals surface area contributed by atoms with Gasteiger partial charge in [-0.2, -0.15) is 0 Å². The van der Waals surface area contributed by atoms with E-state index in [1.807, 2.05) is 50.2 Å². The molecule has 1 atom stereocenters. The van der Waals surface area contributed by atoms with Gasteiger partial charge in [-0.25, -0.2) is 0 Å². The average Bonchev–Trinajstić information content (AvgIpc) is 2.47. The summed E-state index contributed by atoms with van der Waals surface area (Å²) in [5.74, 6) is 0.465. The summed E-state index contributed by atoms with van der Waals surface area (Å²) in [6, 6.07) is 11.6. The lowest BCUT2D eigenvalue weighted by atomic mass is 10.0. The third-order valence-electron chi connectivity index (χ3n) is 3.19. The van der Waals surface area contributed by atoms with Crippen molar-refractivity contribution in [3.63, 3.8) is 0 Å². The molecule has 1 N–H and O–H groups in total. The number of hydrogen-bond acceptors (Lipinski definition) is 3. The molecule has 0 fully saturated rings. The number of carbonyl (C=O) groups is 1. The minimum absolute atomic E-state index is 0.0524. The molecule has 4 heteroatoms. The van der Waals surface area contributed by atoms with Gasteiger partial charge in [-0.3, -0.25) is 4.79 Å². The number of rotatable bonds is 6. The van der Waals surface area contributed by atoms with Crippen LogP contribution in [0.4, 0.5) is 0 Å². The normalized spacial score (nSPS) is 12.1. The summed E-state index contributed by atoms with van der Waals surface area (Å²) in [7, 11) is 1.62. The molecule has 2 aromatic carbocycles. The minimum atomic E-state index is -0.145. The van der Waals surface area contributed by atoms with Gasteiger partial charge < -0.3 is 14.8 Å². The smallest absolute Gasteiger partial charge is 0.255 e. The van der Waals surface area contributed by atoms with E-state index in [0.717, 1.165) is 10.8 Å². The number of ether oxygens (including phenoxy) is 2. The van der Waals surface area contributed by atoms with Crippen molar-refractivity contribution in [1.82, 2.24) is 5.32 Å². The fraction of sp³-hybridized carbons (Fsp3) is 0.353. The summed E-state index contributed by atoms with van der Waals surface area (Å²) in [5, 5.41) is 4.99. The maximum Gasteiger partial charge on any atom is 0.255 e. The van der Waals surface area contributed by atoms with E-state index in [0.29, 0.717) is 24.5 Å². The molecule has 21 heavy (non-hydrogen) atoms. The first-order valence-corrected chi connectivity index (χ1v) is 7.11. The molecule has 2 aromatic rings.